The molecule has 166 valence electrons. The van der Waals surface area contributed by atoms with Crippen molar-refractivity contribution < 1.29 is 13.5 Å². The summed E-state index contributed by atoms with van der Waals surface area (Å²) in [5, 5.41) is 16.8. The zero-order chi connectivity index (χ0) is 22.1. The van der Waals surface area contributed by atoms with Crippen LogP contribution in [0.15, 0.2) is 29.3 Å². The van der Waals surface area contributed by atoms with E-state index in [1.165, 1.54) is 16.1 Å². The second kappa shape index (κ2) is 11.5. The van der Waals surface area contributed by atoms with E-state index >= 15 is 0 Å². The summed E-state index contributed by atoms with van der Waals surface area (Å²) in [6.07, 6.45) is 1.22. The van der Waals surface area contributed by atoms with E-state index in [0.29, 0.717) is 38.6 Å². The standard InChI is InChI=1S/C21H38N4O3S/c1-7-22-20(23-14-9-15-25(8-2)29(6,27)28)24-16-19(26)17-10-12-18(13-11-17)21(3,4)5/h10-13,19,26H,7-9,14-16H2,1-6H3,(H2,22,23,24). The Balaban J connectivity index is 2.60. The summed E-state index contributed by atoms with van der Waals surface area (Å²) in [7, 11) is -3.16. The molecule has 8 heteroatoms. The number of nitrogens with zero attached hydrogens (tertiary/aromatic N) is 2. The van der Waals surface area contributed by atoms with Gasteiger partial charge in [-0.15, -0.1) is 0 Å². The Morgan fingerprint density at radius 1 is 1.17 bits per heavy atom. The van der Waals surface area contributed by atoms with Gasteiger partial charge in [0.05, 0.1) is 18.9 Å². The highest BCUT2D eigenvalue weighted by atomic mass is 32.2. The lowest BCUT2D eigenvalue weighted by Gasteiger charge is -2.20. The molecular formula is C21H38N4O3S. The van der Waals surface area contributed by atoms with E-state index < -0.39 is 16.1 Å². The van der Waals surface area contributed by atoms with Gasteiger partial charge in [-0.05, 0) is 29.9 Å². The van der Waals surface area contributed by atoms with Gasteiger partial charge >= 0.3 is 0 Å². The molecule has 7 nitrogen and oxygen atoms in total. The van der Waals surface area contributed by atoms with E-state index in [-0.39, 0.29) is 12.0 Å². The summed E-state index contributed by atoms with van der Waals surface area (Å²) in [5.41, 5.74) is 2.14. The fraction of sp³-hybridized carbons (Fsp3) is 0.667. The highest BCUT2D eigenvalue weighted by Gasteiger charge is 2.15. The molecule has 0 radical (unpaired) electrons. The lowest BCUT2D eigenvalue weighted by Crippen LogP contribution is -2.39. The minimum atomic E-state index is -3.16. The number of hydrogen-bond donors (Lipinski definition) is 3. The summed E-state index contributed by atoms with van der Waals surface area (Å²) in [6, 6.07) is 8.00. The van der Waals surface area contributed by atoms with Crippen LogP contribution in [0.3, 0.4) is 0 Å². The fourth-order valence-corrected chi connectivity index (χ4v) is 3.78. The van der Waals surface area contributed by atoms with Crippen molar-refractivity contribution in [1.29, 1.82) is 0 Å². The van der Waals surface area contributed by atoms with E-state index in [4.69, 9.17) is 0 Å². The molecule has 0 bridgehead atoms. The van der Waals surface area contributed by atoms with Crippen LogP contribution in [-0.2, 0) is 15.4 Å². The first-order valence-corrected chi connectivity index (χ1v) is 12.1. The second-order valence-corrected chi connectivity index (χ2v) is 10.1. The zero-order valence-corrected chi connectivity index (χ0v) is 19.5. The summed E-state index contributed by atoms with van der Waals surface area (Å²) in [5.74, 6) is 0.611. The Hall–Kier alpha value is -1.64. The lowest BCUT2D eigenvalue weighted by molar-refractivity contribution is 0.187. The molecule has 0 aromatic heterocycles. The maximum atomic E-state index is 11.6. The van der Waals surface area contributed by atoms with E-state index in [9.17, 15) is 13.5 Å². The first-order chi connectivity index (χ1) is 13.5. The maximum Gasteiger partial charge on any atom is 0.211 e. The molecule has 0 heterocycles. The number of aliphatic imine (C=N–C) groups is 1. The third-order valence-electron chi connectivity index (χ3n) is 4.63. The number of aliphatic hydroxyl groups is 1. The highest BCUT2D eigenvalue weighted by Crippen LogP contribution is 2.24. The number of nitrogens with one attached hydrogen (secondary N) is 2. The van der Waals surface area contributed by atoms with Crippen LogP contribution in [-0.4, -0.2) is 62.8 Å². The average Bonchev–Trinajstić information content (AvgIpc) is 2.64. The van der Waals surface area contributed by atoms with Gasteiger partial charge in [-0.1, -0.05) is 52.0 Å². The molecule has 0 fully saturated rings. The maximum absolute atomic E-state index is 11.6. The predicted molar refractivity (Wildman–Crippen MR) is 121 cm³/mol. The van der Waals surface area contributed by atoms with E-state index in [1.807, 2.05) is 38.1 Å². The number of rotatable bonds is 10. The number of benzene rings is 1. The molecule has 0 aliphatic carbocycles. The van der Waals surface area contributed by atoms with Crippen LogP contribution in [0.1, 0.15) is 58.3 Å². The van der Waals surface area contributed by atoms with Gasteiger partial charge in [-0.2, -0.15) is 0 Å². The van der Waals surface area contributed by atoms with Crippen molar-refractivity contribution in [2.75, 3.05) is 39.0 Å². The summed E-state index contributed by atoms with van der Waals surface area (Å²) < 4.78 is 24.7. The lowest BCUT2D eigenvalue weighted by atomic mass is 9.86. The number of hydrogen-bond acceptors (Lipinski definition) is 4. The predicted octanol–water partition coefficient (Wildman–Crippen LogP) is 2.24. The molecule has 3 N–H and O–H groups in total. The first kappa shape index (κ1) is 25.4. The molecule has 0 spiro atoms. The van der Waals surface area contributed by atoms with E-state index in [1.54, 1.807) is 0 Å². The highest BCUT2D eigenvalue weighted by molar-refractivity contribution is 7.88. The van der Waals surface area contributed by atoms with Crippen LogP contribution in [0, 0.1) is 0 Å². The normalized spacial score (nSPS) is 14.1. The first-order valence-electron chi connectivity index (χ1n) is 10.2. The molecule has 0 aliphatic heterocycles. The zero-order valence-electron chi connectivity index (χ0n) is 18.7. The summed E-state index contributed by atoms with van der Waals surface area (Å²) >= 11 is 0. The Morgan fingerprint density at radius 3 is 2.28 bits per heavy atom. The quantitative estimate of drug-likeness (QED) is 0.303. The van der Waals surface area contributed by atoms with Gasteiger partial charge < -0.3 is 15.7 Å². The van der Waals surface area contributed by atoms with Crippen molar-refractivity contribution in [3.8, 4) is 0 Å². The smallest absolute Gasteiger partial charge is 0.211 e. The van der Waals surface area contributed by atoms with Crippen LogP contribution in [0.25, 0.3) is 0 Å². The minimum Gasteiger partial charge on any atom is -0.386 e. The molecule has 0 saturated carbocycles. The van der Waals surface area contributed by atoms with Crippen LogP contribution in [0.5, 0.6) is 0 Å². The van der Waals surface area contributed by atoms with Gasteiger partial charge in [0, 0.05) is 26.2 Å². The SMILES string of the molecule is CCNC(=NCC(O)c1ccc(C(C)(C)C)cc1)NCCCN(CC)S(C)(=O)=O. The summed E-state index contributed by atoms with van der Waals surface area (Å²) in [4.78, 5) is 4.46. The van der Waals surface area contributed by atoms with Crippen molar-refractivity contribution in [3.05, 3.63) is 35.4 Å². The Labute approximate surface area is 176 Å². The molecule has 1 aromatic carbocycles. The topological polar surface area (TPSA) is 94.0 Å². The molecule has 0 aliphatic rings. The second-order valence-electron chi connectivity index (χ2n) is 8.14. The molecule has 1 aromatic rings. The van der Waals surface area contributed by atoms with Gasteiger partial charge in [0.15, 0.2) is 5.96 Å². The molecule has 0 saturated heterocycles. The van der Waals surface area contributed by atoms with E-state index in [0.717, 1.165) is 5.56 Å². The van der Waals surface area contributed by atoms with Gasteiger partial charge in [-0.3, -0.25) is 4.99 Å². The third kappa shape index (κ3) is 9.14. The number of guanidine groups is 1. The minimum absolute atomic E-state index is 0.0776. The van der Waals surface area contributed by atoms with Crippen molar-refractivity contribution in [2.45, 2.75) is 52.6 Å². The largest absolute Gasteiger partial charge is 0.386 e. The van der Waals surface area contributed by atoms with Crippen molar-refractivity contribution >= 4 is 16.0 Å². The Kier molecular flexibility index (Phi) is 10.1. The number of aliphatic hydroxyl groups excluding tert-OH is 1. The number of sulfonamides is 1. The van der Waals surface area contributed by atoms with Crippen LogP contribution in [0.2, 0.25) is 0 Å². The van der Waals surface area contributed by atoms with Crippen LogP contribution in [0.4, 0.5) is 0 Å². The Bertz CT molecular complexity index is 740. The Morgan fingerprint density at radius 2 is 1.79 bits per heavy atom. The van der Waals surface area contributed by atoms with Gasteiger partial charge in [0.1, 0.15) is 0 Å². The molecule has 29 heavy (non-hydrogen) atoms. The third-order valence-corrected chi connectivity index (χ3v) is 6.01. The molecule has 1 unspecified atom stereocenters. The van der Waals surface area contributed by atoms with Crippen LogP contribution < -0.4 is 10.6 Å². The van der Waals surface area contributed by atoms with Crippen molar-refractivity contribution in [3.63, 3.8) is 0 Å². The van der Waals surface area contributed by atoms with Gasteiger partial charge in [-0.25, -0.2) is 12.7 Å². The molecule has 1 atom stereocenters. The summed E-state index contributed by atoms with van der Waals surface area (Å²) in [6.45, 7) is 12.7. The fourth-order valence-electron chi connectivity index (χ4n) is 2.85. The van der Waals surface area contributed by atoms with E-state index in [2.05, 4.69) is 36.4 Å². The van der Waals surface area contributed by atoms with Crippen LogP contribution >= 0.6 is 0 Å². The van der Waals surface area contributed by atoms with Gasteiger partial charge in [0.2, 0.25) is 10.0 Å². The monoisotopic (exact) mass is 426 g/mol. The van der Waals surface area contributed by atoms with Gasteiger partial charge in [0.25, 0.3) is 0 Å². The molecular weight excluding hydrogens is 388 g/mol. The average molecular weight is 427 g/mol. The van der Waals surface area contributed by atoms with Crippen molar-refractivity contribution in [1.82, 2.24) is 14.9 Å². The van der Waals surface area contributed by atoms with Crippen molar-refractivity contribution in [2.24, 2.45) is 4.99 Å². The molecule has 1 rings (SSSR count). The molecule has 0 amide bonds.